The van der Waals surface area contributed by atoms with E-state index in [1.54, 1.807) is 0 Å². The molecule has 18 heavy (non-hydrogen) atoms. The molecule has 0 aliphatic rings. The smallest absolute Gasteiger partial charge is 0.280 e. The Hall–Kier alpha value is -2.22. The number of aliphatic hydroxyl groups excluding tert-OH is 1. The quantitative estimate of drug-likeness (QED) is 0.670. The van der Waals surface area contributed by atoms with Crippen LogP contribution in [-0.4, -0.2) is 31.2 Å². The van der Waals surface area contributed by atoms with Gasteiger partial charge in [-0.25, -0.2) is 9.37 Å². The number of aromatic amines is 1. The van der Waals surface area contributed by atoms with Gasteiger partial charge in [0.15, 0.2) is 17.5 Å². The van der Waals surface area contributed by atoms with Gasteiger partial charge < -0.3 is 10.8 Å². The maximum Gasteiger partial charge on any atom is 0.280 e. The first-order valence-electron chi connectivity index (χ1n) is 5.17. The van der Waals surface area contributed by atoms with Gasteiger partial charge in [0.25, 0.3) is 5.56 Å². The summed E-state index contributed by atoms with van der Waals surface area (Å²) in [4.78, 5) is 21.4. The number of halogens is 1. The van der Waals surface area contributed by atoms with Crippen molar-refractivity contribution in [2.75, 3.05) is 12.3 Å². The maximum atomic E-state index is 14.0. The zero-order valence-electron chi connectivity index (χ0n) is 9.43. The summed E-state index contributed by atoms with van der Waals surface area (Å²) in [6.45, 7) is 3.20. The molecule has 8 heteroatoms. The molecule has 0 amide bonds. The van der Waals surface area contributed by atoms with Crippen molar-refractivity contribution in [3.8, 4) is 0 Å². The van der Waals surface area contributed by atoms with Gasteiger partial charge in [0, 0.05) is 6.42 Å². The number of aromatic nitrogens is 4. The van der Waals surface area contributed by atoms with E-state index in [2.05, 4.69) is 21.5 Å². The molecule has 4 N–H and O–H groups in total. The van der Waals surface area contributed by atoms with Gasteiger partial charge in [-0.05, 0) is 5.57 Å². The summed E-state index contributed by atoms with van der Waals surface area (Å²) in [6.07, 6.45) is -0.429. The Bertz CT molecular complexity index is 647. The molecular formula is C10H12FN5O2. The monoisotopic (exact) mass is 253 g/mol. The fourth-order valence-electron chi connectivity index (χ4n) is 1.55. The van der Waals surface area contributed by atoms with Gasteiger partial charge in [0.05, 0.1) is 12.9 Å². The molecule has 0 fully saturated rings. The molecule has 0 saturated heterocycles. The summed E-state index contributed by atoms with van der Waals surface area (Å²) in [5.74, 6) is -0.109. The lowest BCUT2D eigenvalue weighted by Crippen LogP contribution is -2.13. The number of hydrogen-bond donors (Lipinski definition) is 3. The Morgan fingerprint density at radius 3 is 3.11 bits per heavy atom. The number of nitrogens with two attached hydrogens (primary N) is 1. The van der Waals surface area contributed by atoms with E-state index in [0.717, 1.165) is 4.57 Å². The van der Waals surface area contributed by atoms with E-state index in [0.29, 0.717) is 5.57 Å². The van der Waals surface area contributed by atoms with Gasteiger partial charge in [-0.3, -0.25) is 14.3 Å². The number of anilines is 1. The number of nitrogen functional groups attached to an aromatic ring is 1. The lowest BCUT2D eigenvalue weighted by molar-refractivity contribution is 0.231. The second-order valence-electron chi connectivity index (χ2n) is 3.82. The molecule has 1 atom stereocenters. The Morgan fingerprint density at radius 1 is 1.72 bits per heavy atom. The third-order valence-electron chi connectivity index (χ3n) is 2.43. The molecule has 2 aromatic rings. The van der Waals surface area contributed by atoms with Gasteiger partial charge in [-0.1, -0.05) is 6.58 Å². The number of nitrogens with one attached hydrogen (secondary N) is 1. The average molecular weight is 253 g/mol. The standard InChI is InChI=1S/C10H12FN5O2/c1-5(3-17)2-6(11)16-4-13-7-8(16)14-10(12)15-9(7)18/h4,6,17H,1-3H2,(H3,12,14,15,18). The highest BCUT2D eigenvalue weighted by Gasteiger charge is 2.16. The number of aliphatic hydroxyl groups is 1. The van der Waals surface area contributed by atoms with Gasteiger partial charge in [0.2, 0.25) is 5.95 Å². The predicted molar refractivity (Wildman–Crippen MR) is 63.5 cm³/mol. The Balaban J connectivity index is 2.46. The number of imidazole rings is 1. The molecule has 0 aliphatic heterocycles. The highest BCUT2D eigenvalue weighted by molar-refractivity contribution is 5.70. The highest BCUT2D eigenvalue weighted by atomic mass is 19.1. The summed E-state index contributed by atoms with van der Waals surface area (Å²) >= 11 is 0. The number of rotatable bonds is 4. The van der Waals surface area contributed by atoms with Crippen molar-refractivity contribution in [1.29, 1.82) is 0 Å². The predicted octanol–water partition coefficient (Wildman–Crippen LogP) is 0.108. The summed E-state index contributed by atoms with van der Waals surface area (Å²) in [6, 6.07) is 0. The van der Waals surface area contributed by atoms with Crippen molar-refractivity contribution in [3.05, 3.63) is 28.8 Å². The molecule has 0 bridgehead atoms. The topological polar surface area (TPSA) is 110 Å². The molecule has 0 saturated carbocycles. The minimum atomic E-state index is -1.51. The number of alkyl halides is 1. The van der Waals surface area contributed by atoms with Gasteiger partial charge in [-0.15, -0.1) is 0 Å². The Morgan fingerprint density at radius 2 is 2.44 bits per heavy atom. The highest BCUT2D eigenvalue weighted by Crippen LogP contribution is 2.21. The van der Waals surface area contributed by atoms with Crippen LogP contribution < -0.4 is 11.3 Å². The van der Waals surface area contributed by atoms with Crippen LogP contribution in [0.5, 0.6) is 0 Å². The SMILES string of the molecule is C=C(CO)CC(F)n1cnc2c(=O)[nH]c(N)nc21. The van der Waals surface area contributed by atoms with Crippen molar-refractivity contribution >= 4 is 17.1 Å². The van der Waals surface area contributed by atoms with Crippen LogP contribution in [0.2, 0.25) is 0 Å². The minimum absolute atomic E-state index is 0.0152. The van der Waals surface area contributed by atoms with Crippen LogP contribution in [0.4, 0.5) is 10.3 Å². The fourth-order valence-corrected chi connectivity index (χ4v) is 1.55. The van der Waals surface area contributed by atoms with Crippen LogP contribution in [0.15, 0.2) is 23.3 Å². The van der Waals surface area contributed by atoms with Crippen LogP contribution in [0.1, 0.15) is 12.7 Å². The average Bonchev–Trinajstić information content (AvgIpc) is 2.72. The van der Waals surface area contributed by atoms with Gasteiger partial charge in [0.1, 0.15) is 0 Å². The molecule has 2 rings (SSSR count). The number of fused-ring (bicyclic) bond motifs is 1. The van der Waals surface area contributed by atoms with Crippen LogP contribution in [-0.2, 0) is 0 Å². The zero-order chi connectivity index (χ0) is 13.3. The lowest BCUT2D eigenvalue weighted by atomic mass is 10.2. The molecule has 96 valence electrons. The van der Waals surface area contributed by atoms with Crippen LogP contribution in [0.3, 0.4) is 0 Å². The van der Waals surface area contributed by atoms with Crippen molar-refractivity contribution in [1.82, 2.24) is 19.5 Å². The fraction of sp³-hybridized carbons (Fsp3) is 0.300. The first-order chi connectivity index (χ1) is 8.52. The second kappa shape index (κ2) is 4.57. The van der Waals surface area contributed by atoms with E-state index in [-0.39, 0.29) is 30.1 Å². The largest absolute Gasteiger partial charge is 0.392 e. The summed E-state index contributed by atoms with van der Waals surface area (Å²) < 4.78 is 15.0. The molecule has 2 aromatic heterocycles. The van der Waals surface area contributed by atoms with E-state index in [9.17, 15) is 9.18 Å². The summed E-state index contributed by atoms with van der Waals surface area (Å²) in [5.41, 5.74) is 5.28. The number of hydrogen-bond acceptors (Lipinski definition) is 5. The molecule has 7 nitrogen and oxygen atoms in total. The normalized spacial score (nSPS) is 12.8. The molecule has 0 radical (unpaired) electrons. The third-order valence-corrected chi connectivity index (χ3v) is 2.43. The molecule has 0 aromatic carbocycles. The molecule has 2 heterocycles. The Kier molecular flexibility index (Phi) is 3.11. The molecule has 0 spiro atoms. The van der Waals surface area contributed by atoms with Crippen molar-refractivity contribution < 1.29 is 9.50 Å². The summed E-state index contributed by atoms with van der Waals surface area (Å²) in [7, 11) is 0. The Labute approximate surface area is 101 Å². The zero-order valence-corrected chi connectivity index (χ0v) is 9.43. The van der Waals surface area contributed by atoms with Crippen molar-refractivity contribution in [3.63, 3.8) is 0 Å². The van der Waals surface area contributed by atoms with Crippen LogP contribution >= 0.6 is 0 Å². The van der Waals surface area contributed by atoms with E-state index in [1.165, 1.54) is 6.33 Å². The maximum absolute atomic E-state index is 14.0. The van der Waals surface area contributed by atoms with Crippen molar-refractivity contribution in [2.24, 2.45) is 0 Å². The summed E-state index contributed by atoms with van der Waals surface area (Å²) in [5, 5.41) is 8.80. The van der Waals surface area contributed by atoms with E-state index >= 15 is 0 Å². The molecule has 0 aliphatic carbocycles. The van der Waals surface area contributed by atoms with Gasteiger partial charge >= 0.3 is 0 Å². The third kappa shape index (κ3) is 2.09. The first kappa shape index (κ1) is 12.2. The van der Waals surface area contributed by atoms with E-state index in [4.69, 9.17) is 10.8 Å². The van der Waals surface area contributed by atoms with E-state index in [1.807, 2.05) is 0 Å². The minimum Gasteiger partial charge on any atom is -0.392 e. The first-order valence-corrected chi connectivity index (χ1v) is 5.17. The van der Waals surface area contributed by atoms with Gasteiger partial charge in [-0.2, -0.15) is 4.98 Å². The van der Waals surface area contributed by atoms with Crippen LogP contribution in [0, 0.1) is 0 Å². The number of nitrogens with zero attached hydrogens (tertiary/aromatic N) is 3. The number of H-pyrrole nitrogens is 1. The second-order valence-corrected chi connectivity index (χ2v) is 3.82. The molecule has 1 unspecified atom stereocenters. The lowest BCUT2D eigenvalue weighted by Gasteiger charge is -2.10. The van der Waals surface area contributed by atoms with Crippen molar-refractivity contribution in [2.45, 2.75) is 12.7 Å². The van der Waals surface area contributed by atoms with Crippen LogP contribution in [0.25, 0.3) is 11.2 Å². The molecular weight excluding hydrogens is 241 g/mol. The van der Waals surface area contributed by atoms with E-state index < -0.39 is 11.9 Å².